The van der Waals surface area contributed by atoms with Gasteiger partial charge in [0.1, 0.15) is 15.8 Å². The van der Waals surface area contributed by atoms with E-state index >= 15 is 0 Å². The minimum absolute atomic E-state index is 0.0798. The molecule has 0 aliphatic rings. The van der Waals surface area contributed by atoms with Crippen LogP contribution in [0.1, 0.15) is 0 Å². The molecule has 2 rings (SSSR count). The van der Waals surface area contributed by atoms with Crippen molar-refractivity contribution in [2.75, 3.05) is 0 Å². The zero-order chi connectivity index (χ0) is 13.2. The van der Waals surface area contributed by atoms with Crippen molar-refractivity contribution in [2.24, 2.45) is 0 Å². The molecule has 0 aliphatic heterocycles. The quantitative estimate of drug-likeness (QED) is 0.859. The van der Waals surface area contributed by atoms with Gasteiger partial charge in [-0.2, -0.15) is 0 Å². The predicted molar refractivity (Wildman–Crippen MR) is 68.1 cm³/mol. The third-order valence-electron chi connectivity index (χ3n) is 2.18. The lowest BCUT2D eigenvalue weighted by Crippen LogP contribution is -1.97. The van der Waals surface area contributed by atoms with Crippen molar-refractivity contribution in [3.63, 3.8) is 0 Å². The average molecular weight is 285 g/mol. The largest absolute Gasteiger partial charge is 0.572 e. The summed E-state index contributed by atoms with van der Waals surface area (Å²) in [4.78, 5) is -0.0798. The summed E-state index contributed by atoms with van der Waals surface area (Å²) in [6.07, 6.45) is 0. The first kappa shape index (κ1) is 12.9. The second-order valence-electron chi connectivity index (χ2n) is 3.47. The van der Waals surface area contributed by atoms with Crippen molar-refractivity contribution in [3.8, 4) is 0 Å². The third kappa shape index (κ3) is 2.80. The summed E-state index contributed by atoms with van der Waals surface area (Å²) >= 11 is 5.82. The van der Waals surface area contributed by atoms with E-state index in [0.717, 1.165) is 24.3 Å². The van der Waals surface area contributed by atoms with E-state index in [2.05, 4.69) is 4.72 Å². The number of hydrogen-bond donors (Lipinski definition) is 0. The molecule has 0 N–H and O–H groups in total. The van der Waals surface area contributed by atoms with Crippen LogP contribution in [0.15, 0.2) is 53.4 Å². The fourth-order valence-corrected chi connectivity index (χ4v) is 2.55. The zero-order valence-electron chi connectivity index (χ0n) is 9.05. The van der Waals surface area contributed by atoms with Crippen LogP contribution < -0.4 is 0 Å². The maximum Gasteiger partial charge on any atom is 0.123 e. The van der Waals surface area contributed by atoms with Crippen molar-refractivity contribution in [1.82, 2.24) is 0 Å². The first-order valence-electron chi connectivity index (χ1n) is 4.97. The number of hydrogen-bond acceptors (Lipinski definition) is 2. The second-order valence-corrected chi connectivity index (χ2v) is 5.48. The van der Waals surface area contributed by atoms with Gasteiger partial charge in [0.25, 0.3) is 0 Å². The van der Waals surface area contributed by atoms with Gasteiger partial charge in [-0.25, -0.2) is 12.8 Å². The highest BCUT2D eigenvalue weighted by Gasteiger charge is 2.05. The molecule has 6 heteroatoms. The van der Waals surface area contributed by atoms with E-state index in [4.69, 9.17) is 11.6 Å². The Hall–Kier alpha value is -1.59. The lowest BCUT2D eigenvalue weighted by molar-refractivity contribution is 0.601. The molecule has 0 unspecified atom stereocenters. The van der Waals surface area contributed by atoms with Crippen LogP contribution in [-0.4, -0.2) is 8.42 Å². The summed E-state index contributed by atoms with van der Waals surface area (Å²) in [5, 5.41) is 0.239. The van der Waals surface area contributed by atoms with Crippen molar-refractivity contribution >= 4 is 27.3 Å². The van der Waals surface area contributed by atoms with Crippen LogP contribution in [0.3, 0.4) is 0 Å². The van der Waals surface area contributed by atoms with Crippen molar-refractivity contribution in [3.05, 3.63) is 64.1 Å². The summed E-state index contributed by atoms with van der Waals surface area (Å²) in [5.41, 5.74) is 0.156. The number of benzene rings is 2. The smallest absolute Gasteiger partial charge is 0.123 e. The Labute approximate surface area is 109 Å². The van der Waals surface area contributed by atoms with E-state index in [9.17, 15) is 12.8 Å². The standard InChI is InChI=1S/C12H8ClFNO2S/c13-11-3-1-2-4-12(11)15-18(16,17)10-7-5-9(14)6-8-10/h1-8H/q-1. The van der Waals surface area contributed by atoms with Crippen molar-refractivity contribution in [1.29, 1.82) is 0 Å². The molecule has 0 fully saturated rings. The Morgan fingerprint density at radius 3 is 2.22 bits per heavy atom. The van der Waals surface area contributed by atoms with Crippen LogP contribution in [-0.2, 0) is 10.0 Å². The van der Waals surface area contributed by atoms with Crippen LogP contribution in [0.25, 0.3) is 4.72 Å². The average Bonchev–Trinajstić information content (AvgIpc) is 2.32. The van der Waals surface area contributed by atoms with Gasteiger partial charge in [-0.05, 0) is 30.3 Å². The Bertz CT molecular complexity index is 656. The van der Waals surface area contributed by atoms with E-state index < -0.39 is 15.8 Å². The monoisotopic (exact) mass is 284 g/mol. The fraction of sp³-hybridized carbons (Fsp3) is 0. The summed E-state index contributed by atoms with van der Waals surface area (Å²) in [6, 6.07) is 10.8. The minimum atomic E-state index is -3.88. The number of nitrogens with zero attached hydrogens (tertiary/aromatic N) is 1. The van der Waals surface area contributed by atoms with E-state index in [1.54, 1.807) is 18.2 Å². The van der Waals surface area contributed by atoms with Crippen molar-refractivity contribution < 1.29 is 12.8 Å². The van der Waals surface area contributed by atoms with Gasteiger partial charge in [0, 0.05) is 5.02 Å². The molecule has 0 aromatic heterocycles. The molecule has 0 saturated carbocycles. The molecule has 0 amide bonds. The van der Waals surface area contributed by atoms with E-state index in [-0.39, 0.29) is 15.6 Å². The van der Waals surface area contributed by atoms with Gasteiger partial charge in [-0.1, -0.05) is 29.8 Å². The van der Waals surface area contributed by atoms with Crippen LogP contribution in [0.4, 0.5) is 10.1 Å². The fourth-order valence-electron chi connectivity index (χ4n) is 1.31. The van der Waals surface area contributed by atoms with E-state index in [0.29, 0.717) is 0 Å². The summed E-state index contributed by atoms with van der Waals surface area (Å²) in [6.45, 7) is 0. The highest BCUT2D eigenvalue weighted by molar-refractivity contribution is 7.94. The highest BCUT2D eigenvalue weighted by Crippen LogP contribution is 2.33. The first-order valence-corrected chi connectivity index (χ1v) is 6.79. The Morgan fingerprint density at radius 2 is 1.61 bits per heavy atom. The van der Waals surface area contributed by atoms with Gasteiger partial charge in [0.15, 0.2) is 0 Å². The summed E-state index contributed by atoms with van der Waals surface area (Å²) < 4.78 is 40.2. The van der Waals surface area contributed by atoms with Crippen LogP contribution >= 0.6 is 11.6 Å². The molecule has 2 aromatic carbocycles. The Morgan fingerprint density at radius 1 is 1.00 bits per heavy atom. The van der Waals surface area contributed by atoms with Gasteiger partial charge in [0.05, 0.1) is 4.90 Å². The molecule has 18 heavy (non-hydrogen) atoms. The highest BCUT2D eigenvalue weighted by atomic mass is 35.5. The van der Waals surface area contributed by atoms with E-state index in [1.807, 2.05) is 0 Å². The molecule has 0 saturated heterocycles. The van der Waals surface area contributed by atoms with Gasteiger partial charge >= 0.3 is 0 Å². The second kappa shape index (κ2) is 4.96. The molecule has 2 aromatic rings. The van der Waals surface area contributed by atoms with Crippen molar-refractivity contribution in [2.45, 2.75) is 4.90 Å². The van der Waals surface area contributed by atoms with Gasteiger partial charge in [-0.3, -0.25) is 0 Å². The van der Waals surface area contributed by atoms with Gasteiger partial charge in [0.2, 0.25) is 0 Å². The molecule has 0 heterocycles. The SMILES string of the molecule is O=S(=O)([N-]c1ccccc1Cl)c1ccc(F)cc1. The maximum absolute atomic E-state index is 12.7. The third-order valence-corrected chi connectivity index (χ3v) is 3.81. The molecular formula is C12H8ClFNO2S-. The number of rotatable bonds is 3. The normalized spacial score (nSPS) is 11.2. The van der Waals surface area contributed by atoms with Crippen LogP contribution in [0, 0.1) is 5.82 Å². The Balaban J connectivity index is 2.33. The molecule has 94 valence electrons. The van der Waals surface area contributed by atoms with Gasteiger partial charge in [-0.15, -0.1) is 5.69 Å². The first-order chi connectivity index (χ1) is 8.49. The lowest BCUT2D eigenvalue weighted by atomic mass is 10.3. The number of sulfonamides is 1. The Kier molecular flexibility index (Phi) is 3.54. The molecule has 0 atom stereocenters. The molecule has 0 bridgehead atoms. The van der Waals surface area contributed by atoms with Crippen LogP contribution in [0.2, 0.25) is 5.02 Å². The summed E-state index contributed by atoms with van der Waals surface area (Å²) in [5.74, 6) is -0.508. The molecular weight excluding hydrogens is 277 g/mol. The van der Waals surface area contributed by atoms with Gasteiger partial charge < -0.3 is 4.72 Å². The minimum Gasteiger partial charge on any atom is -0.572 e. The molecule has 3 nitrogen and oxygen atoms in total. The summed E-state index contributed by atoms with van der Waals surface area (Å²) in [7, 11) is -3.88. The lowest BCUT2D eigenvalue weighted by Gasteiger charge is -2.22. The zero-order valence-corrected chi connectivity index (χ0v) is 10.6. The van der Waals surface area contributed by atoms with Crippen LogP contribution in [0.5, 0.6) is 0 Å². The molecule has 0 aliphatic carbocycles. The maximum atomic E-state index is 12.7. The topological polar surface area (TPSA) is 48.2 Å². The predicted octanol–water partition coefficient (Wildman–Crippen LogP) is 3.87. The molecule has 0 radical (unpaired) electrons. The van der Waals surface area contributed by atoms with E-state index in [1.165, 1.54) is 6.07 Å². The molecule has 0 spiro atoms. The number of halogens is 2.